The fourth-order valence-corrected chi connectivity index (χ4v) is 3.22. The van der Waals surface area contributed by atoms with Gasteiger partial charge in [-0.1, -0.05) is 30.3 Å². The number of carbonyl (C=O) groups is 2. The lowest BCUT2D eigenvalue weighted by Gasteiger charge is -2.18. The average molecular weight is 430 g/mol. The molecule has 32 heavy (non-hydrogen) atoms. The highest BCUT2D eigenvalue weighted by Crippen LogP contribution is 2.31. The summed E-state index contributed by atoms with van der Waals surface area (Å²) in [5.41, 5.74) is 2.69. The van der Waals surface area contributed by atoms with Crippen LogP contribution in [0.2, 0.25) is 0 Å². The van der Waals surface area contributed by atoms with E-state index in [1.807, 2.05) is 36.4 Å². The van der Waals surface area contributed by atoms with E-state index in [-0.39, 0.29) is 11.8 Å². The van der Waals surface area contributed by atoms with Gasteiger partial charge in [0.25, 0.3) is 0 Å². The average Bonchev–Trinajstić information content (AvgIpc) is 2.86. The zero-order chi connectivity index (χ0) is 22.3. The molecule has 0 saturated carbocycles. The van der Waals surface area contributed by atoms with Crippen LogP contribution in [0.25, 0.3) is 6.08 Å². The van der Waals surface area contributed by atoms with Crippen molar-refractivity contribution in [2.45, 2.75) is 6.61 Å². The molecule has 0 amide bonds. The molecule has 0 aliphatic carbocycles. The van der Waals surface area contributed by atoms with E-state index in [1.54, 1.807) is 36.4 Å². The van der Waals surface area contributed by atoms with Crippen molar-refractivity contribution in [3.8, 4) is 17.2 Å². The first-order valence-electron chi connectivity index (χ1n) is 10.2. The molecular weight excluding hydrogens is 408 g/mol. The standard InChI is InChI=1S/C26H22O6/c1-29-26(28)20-8-6-18(7-9-20)17-32-23-5-3-2-4-19(23)10-12-22(27)21-11-13-24-25(16-21)31-15-14-30-24/h2-13,16H,14-15,17H2,1H3. The first-order chi connectivity index (χ1) is 15.6. The van der Waals surface area contributed by atoms with Crippen LogP contribution in [-0.4, -0.2) is 32.1 Å². The van der Waals surface area contributed by atoms with Gasteiger partial charge in [-0.15, -0.1) is 0 Å². The van der Waals surface area contributed by atoms with Crippen LogP contribution in [0.15, 0.2) is 72.8 Å². The molecule has 0 unspecified atom stereocenters. The summed E-state index contributed by atoms with van der Waals surface area (Å²) in [5, 5.41) is 0. The van der Waals surface area contributed by atoms with Crippen molar-refractivity contribution in [3.63, 3.8) is 0 Å². The number of methoxy groups -OCH3 is 1. The van der Waals surface area contributed by atoms with Crippen molar-refractivity contribution in [3.05, 3.63) is 95.1 Å². The number of fused-ring (bicyclic) bond motifs is 1. The number of benzene rings is 3. The molecule has 0 spiro atoms. The first-order valence-corrected chi connectivity index (χ1v) is 10.2. The second-order valence-electron chi connectivity index (χ2n) is 7.07. The lowest BCUT2D eigenvalue weighted by Crippen LogP contribution is -2.15. The van der Waals surface area contributed by atoms with Crippen LogP contribution >= 0.6 is 0 Å². The highest BCUT2D eigenvalue weighted by molar-refractivity contribution is 6.07. The number of ether oxygens (including phenoxy) is 4. The van der Waals surface area contributed by atoms with Crippen molar-refractivity contribution >= 4 is 17.8 Å². The van der Waals surface area contributed by atoms with Crippen LogP contribution in [0.1, 0.15) is 31.8 Å². The summed E-state index contributed by atoms with van der Waals surface area (Å²) in [6, 6.07) is 19.7. The van der Waals surface area contributed by atoms with Crippen LogP contribution in [-0.2, 0) is 11.3 Å². The molecule has 4 rings (SSSR count). The molecule has 6 heteroatoms. The zero-order valence-electron chi connectivity index (χ0n) is 17.6. The van der Waals surface area contributed by atoms with Crippen LogP contribution in [0.3, 0.4) is 0 Å². The van der Waals surface area contributed by atoms with Gasteiger partial charge in [0.05, 0.1) is 12.7 Å². The predicted molar refractivity (Wildman–Crippen MR) is 119 cm³/mol. The summed E-state index contributed by atoms with van der Waals surface area (Å²) in [4.78, 5) is 24.2. The molecule has 0 saturated heterocycles. The number of para-hydroxylation sites is 1. The zero-order valence-corrected chi connectivity index (χ0v) is 17.6. The van der Waals surface area contributed by atoms with Gasteiger partial charge in [-0.25, -0.2) is 4.79 Å². The van der Waals surface area contributed by atoms with Gasteiger partial charge < -0.3 is 18.9 Å². The Morgan fingerprint density at radius 1 is 0.906 bits per heavy atom. The monoisotopic (exact) mass is 430 g/mol. The van der Waals surface area contributed by atoms with Gasteiger partial charge in [-0.05, 0) is 54.1 Å². The minimum atomic E-state index is -0.379. The third-order valence-electron chi connectivity index (χ3n) is 4.93. The SMILES string of the molecule is COC(=O)c1ccc(COc2ccccc2C=CC(=O)c2ccc3c(c2)OCCO3)cc1. The molecule has 162 valence electrons. The highest BCUT2D eigenvalue weighted by Gasteiger charge is 2.14. The molecule has 1 heterocycles. The second-order valence-corrected chi connectivity index (χ2v) is 7.07. The van der Waals surface area contributed by atoms with E-state index in [4.69, 9.17) is 18.9 Å². The van der Waals surface area contributed by atoms with Gasteiger partial charge >= 0.3 is 5.97 Å². The molecule has 0 bridgehead atoms. The molecule has 1 aliphatic rings. The summed E-state index contributed by atoms with van der Waals surface area (Å²) in [5.74, 6) is 1.36. The largest absolute Gasteiger partial charge is 0.488 e. The molecule has 0 atom stereocenters. The van der Waals surface area contributed by atoms with Gasteiger partial charge in [0.2, 0.25) is 0 Å². The van der Waals surface area contributed by atoms with Crippen LogP contribution in [0, 0.1) is 0 Å². The molecule has 0 radical (unpaired) electrons. The molecule has 0 aromatic heterocycles. The Hall–Kier alpha value is -4.06. The van der Waals surface area contributed by atoms with E-state index in [1.165, 1.54) is 13.2 Å². The number of carbonyl (C=O) groups excluding carboxylic acids is 2. The smallest absolute Gasteiger partial charge is 0.337 e. The van der Waals surface area contributed by atoms with Gasteiger partial charge in [0, 0.05) is 11.1 Å². The Morgan fingerprint density at radius 3 is 2.41 bits per heavy atom. The van der Waals surface area contributed by atoms with Crippen molar-refractivity contribution in [1.82, 2.24) is 0 Å². The normalized spacial score (nSPS) is 12.4. The quantitative estimate of drug-likeness (QED) is 0.307. The second kappa shape index (κ2) is 9.83. The molecule has 3 aromatic rings. The number of hydrogen-bond donors (Lipinski definition) is 0. The first kappa shape index (κ1) is 21.2. The number of allylic oxidation sites excluding steroid dienone is 1. The number of esters is 1. The van der Waals surface area contributed by atoms with Crippen LogP contribution in [0.4, 0.5) is 0 Å². The van der Waals surface area contributed by atoms with Gasteiger partial charge in [-0.2, -0.15) is 0 Å². The van der Waals surface area contributed by atoms with Crippen molar-refractivity contribution in [1.29, 1.82) is 0 Å². The topological polar surface area (TPSA) is 71.1 Å². The molecule has 6 nitrogen and oxygen atoms in total. The Bertz CT molecular complexity index is 1150. The van der Waals surface area contributed by atoms with Crippen molar-refractivity contribution < 1.29 is 28.5 Å². The van der Waals surface area contributed by atoms with Crippen molar-refractivity contribution in [2.24, 2.45) is 0 Å². The highest BCUT2D eigenvalue weighted by atomic mass is 16.6. The fourth-order valence-electron chi connectivity index (χ4n) is 3.22. The number of rotatable bonds is 7. The molecule has 1 aliphatic heterocycles. The lowest BCUT2D eigenvalue weighted by molar-refractivity contribution is 0.0600. The van der Waals surface area contributed by atoms with Crippen molar-refractivity contribution in [2.75, 3.05) is 20.3 Å². The third kappa shape index (κ3) is 4.98. The van der Waals surface area contributed by atoms with E-state index in [0.717, 1.165) is 11.1 Å². The lowest BCUT2D eigenvalue weighted by atomic mass is 10.1. The molecule has 3 aromatic carbocycles. The molecule has 0 fully saturated rings. The summed E-state index contributed by atoms with van der Waals surface area (Å²) in [6.45, 7) is 1.30. The summed E-state index contributed by atoms with van der Waals surface area (Å²) >= 11 is 0. The minimum Gasteiger partial charge on any atom is -0.488 e. The Morgan fingerprint density at radius 2 is 1.62 bits per heavy atom. The number of hydrogen-bond acceptors (Lipinski definition) is 6. The van der Waals surface area contributed by atoms with E-state index in [2.05, 4.69) is 0 Å². The third-order valence-corrected chi connectivity index (χ3v) is 4.93. The molecule has 0 N–H and O–H groups in total. The Kier molecular flexibility index (Phi) is 6.51. The number of ketones is 1. The van der Waals surface area contributed by atoms with Gasteiger partial charge in [-0.3, -0.25) is 4.79 Å². The summed E-state index contributed by atoms with van der Waals surface area (Å²) in [6.07, 6.45) is 3.24. The fraction of sp³-hybridized carbons (Fsp3) is 0.154. The predicted octanol–water partition coefficient (Wildman–Crippen LogP) is 4.72. The minimum absolute atomic E-state index is 0.143. The van der Waals surface area contributed by atoms with E-state index >= 15 is 0 Å². The Balaban J connectivity index is 1.43. The van der Waals surface area contributed by atoms with Gasteiger partial charge in [0.15, 0.2) is 17.3 Å². The van der Waals surface area contributed by atoms with E-state index in [0.29, 0.717) is 48.2 Å². The summed E-state index contributed by atoms with van der Waals surface area (Å²) < 4.78 is 21.7. The maximum absolute atomic E-state index is 12.6. The molecular formula is C26H22O6. The van der Waals surface area contributed by atoms with Gasteiger partial charge in [0.1, 0.15) is 25.6 Å². The van der Waals surface area contributed by atoms with E-state index in [9.17, 15) is 9.59 Å². The van der Waals surface area contributed by atoms with Crippen LogP contribution < -0.4 is 14.2 Å². The van der Waals surface area contributed by atoms with E-state index < -0.39 is 0 Å². The maximum atomic E-state index is 12.6. The maximum Gasteiger partial charge on any atom is 0.337 e. The summed E-state index contributed by atoms with van der Waals surface area (Å²) in [7, 11) is 1.35. The van der Waals surface area contributed by atoms with Crippen LogP contribution in [0.5, 0.6) is 17.2 Å². The Labute approximate surface area is 186 Å².